The van der Waals surface area contributed by atoms with E-state index in [0.717, 1.165) is 50.7 Å². The summed E-state index contributed by atoms with van der Waals surface area (Å²) in [7, 11) is 0. The van der Waals surface area contributed by atoms with Crippen molar-refractivity contribution in [2.24, 2.45) is 11.8 Å². The third-order valence-corrected chi connectivity index (χ3v) is 6.54. The molecule has 27 heavy (non-hydrogen) atoms. The Bertz CT molecular complexity index is 632. The van der Waals surface area contributed by atoms with Gasteiger partial charge >= 0.3 is 0 Å². The van der Waals surface area contributed by atoms with Crippen LogP contribution in [0.15, 0.2) is 4.52 Å². The molecule has 6 heteroatoms. The van der Waals surface area contributed by atoms with E-state index < -0.39 is 0 Å². The smallest absolute Gasteiger partial charge is 0.240 e. The maximum atomic E-state index is 12.8. The standard InChI is InChI=1S/C21H34N4O2/c1-15(2)20-22-19(27-23-20)14-24-12-9-16(10-13-24)18-6-4-3-5-11-25(18)21(26)17-7-8-17/h15-18H,3-14H2,1-2H3/t18-/m0/s1. The highest BCUT2D eigenvalue weighted by molar-refractivity contribution is 5.81. The first-order valence-electron chi connectivity index (χ1n) is 11.0. The molecule has 1 aliphatic carbocycles. The molecular weight excluding hydrogens is 340 g/mol. The summed E-state index contributed by atoms with van der Waals surface area (Å²) in [4.78, 5) is 22.0. The largest absolute Gasteiger partial charge is 0.339 e. The molecule has 0 unspecified atom stereocenters. The highest BCUT2D eigenvalue weighted by atomic mass is 16.5. The van der Waals surface area contributed by atoms with Gasteiger partial charge in [-0.3, -0.25) is 9.69 Å². The van der Waals surface area contributed by atoms with Gasteiger partial charge in [-0.05, 0) is 57.5 Å². The van der Waals surface area contributed by atoms with E-state index in [0.29, 0.717) is 29.7 Å². The molecule has 1 amide bonds. The minimum absolute atomic E-state index is 0.304. The molecule has 2 saturated heterocycles. The van der Waals surface area contributed by atoms with E-state index in [9.17, 15) is 4.79 Å². The Kier molecular flexibility index (Phi) is 5.81. The molecule has 3 heterocycles. The van der Waals surface area contributed by atoms with E-state index in [2.05, 4.69) is 33.8 Å². The van der Waals surface area contributed by atoms with Gasteiger partial charge in [-0.15, -0.1) is 0 Å². The zero-order valence-corrected chi connectivity index (χ0v) is 16.9. The van der Waals surface area contributed by atoms with Crippen molar-refractivity contribution in [1.29, 1.82) is 0 Å². The lowest BCUT2D eigenvalue weighted by Crippen LogP contribution is -2.48. The molecule has 1 aromatic heterocycles. The molecule has 150 valence electrons. The van der Waals surface area contributed by atoms with Crippen molar-refractivity contribution in [3.63, 3.8) is 0 Å². The molecule has 1 aromatic rings. The molecule has 0 bridgehead atoms. The van der Waals surface area contributed by atoms with Gasteiger partial charge in [0.15, 0.2) is 5.82 Å². The summed E-state index contributed by atoms with van der Waals surface area (Å²) in [6.07, 6.45) is 9.51. The van der Waals surface area contributed by atoms with Crippen LogP contribution in [0.25, 0.3) is 0 Å². The fraction of sp³-hybridized carbons (Fsp3) is 0.857. The number of piperidine rings is 1. The van der Waals surface area contributed by atoms with Gasteiger partial charge in [0.25, 0.3) is 0 Å². The SMILES string of the molecule is CC(C)c1noc(CN2CCC([C@@H]3CCCCCN3C(=O)C3CC3)CC2)n1. The summed E-state index contributed by atoms with van der Waals surface area (Å²) in [5.41, 5.74) is 0. The van der Waals surface area contributed by atoms with Gasteiger partial charge in [0, 0.05) is 24.4 Å². The van der Waals surface area contributed by atoms with Crippen LogP contribution in [0.1, 0.15) is 82.8 Å². The number of nitrogens with zero attached hydrogens (tertiary/aromatic N) is 4. The van der Waals surface area contributed by atoms with Crippen LogP contribution in [0.5, 0.6) is 0 Å². The van der Waals surface area contributed by atoms with Crippen LogP contribution in [0.2, 0.25) is 0 Å². The van der Waals surface area contributed by atoms with Gasteiger partial charge < -0.3 is 9.42 Å². The summed E-state index contributed by atoms with van der Waals surface area (Å²) in [6, 6.07) is 0.471. The van der Waals surface area contributed by atoms with Crippen LogP contribution in [-0.4, -0.2) is 51.5 Å². The molecular formula is C21H34N4O2. The van der Waals surface area contributed by atoms with Crippen molar-refractivity contribution in [1.82, 2.24) is 19.9 Å². The fourth-order valence-corrected chi connectivity index (χ4v) is 4.72. The Labute approximate surface area is 162 Å². The normalized spacial score (nSPS) is 25.7. The van der Waals surface area contributed by atoms with E-state index in [4.69, 9.17) is 4.52 Å². The lowest BCUT2D eigenvalue weighted by molar-refractivity contribution is -0.136. The van der Waals surface area contributed by atoms with Gasteiger partial charge in [-0.2, -0.15) is 4.98 Å². The Hall–Kier alpha value is -1.43. The summed E-state index contributed by atoms with van der Waals surface area (Å²) in [6.45, 7) is 8.03. The van der Waals surface area contributed by atoms with Crippen molar-refractivity contribution in [3.05, 3.63) is 11.7 Å². The van der Waals surface area contributed by atoms with Crippen molar-refractivity contribution < 1.29 is 9.32 Å². The highest BCUT2D eigenvalue weighted by Crippen LogP contribution is 2.36. The van der Waals surface area contributed by atoms with Gasteiger partial charge in [0.2, 0.25) is 11.8 Å². The molecule has 2 aliphatic heterocycles. The van der Waals surface area contributed by atoms with Gasteiger partial charge in [0.1, 0.15) is 0 Å². The molecule has 0 N–H and O–H groups in total. The van der Waals surface area contributed by atoms with E-state index >= 15 is 0 Å². The number of aromatic nitrogens is 2. The first-order chi connectivity index (χ1) is 13.1. The molecule has 3 aliphatic rings. The quantitative estimate of drug-likeness (QED) is 0.788. The van der Waals surface area contributed by atoms with E-state index in [1.807, 2.05) is 0 Å². The predicted octanol–water partition coefficient (Wildman–Crippen LogP) is 3.59. The lowest BCUT2D eigenvalue weighted by Gasteiger charge is -2.40. The average Bonchev–Trinajstić information content (AvgIpc) is 3.45. The van der Waals surface area contributed by atoms with Gasteiger partial charge in [-0.25, -0.2) is 0 Å². The Morgan fingerprint density at radius 2 is 1.85 bits per heavy atom. The van der Waals surface area contributed by atoms with Crippen LogP contribution in [0.3, 0.4) is 0 Å². The average molecular weight is 375 g/mol. The molecule has 0 spiro atoms. The van der Waals surface area contributed by atoms with E-state index in [-0.39, 0.29) is 0 Å². The third kappa shape index (κ3) is 4.53. The number of rotatable bonds is 5. The van der Waals surface area contributed by atoms with Crippen molar-refractivity contribution in [2.75, 3.05) is 19.6 Å². The Morgan fingerprint density at radius 1 is 1.07 bits per heavy atom. The number of carbonyl (C=O) groups excluding carboxylic acids is 1. The number of carbonyl (C=O) groups is 1. The predicted molar refractivity (Wildman–Crippen MR) is 103 cm³/mol. The highest BCUT2D eigenvalue weighted by Gasteiger charge is 2.39. The summed E-state index contributed by atoms with van der Waals surface area (Å²) >= 11 is 0. The topological polar surface area (TPSA) is 62.5 Å². The fourth-order valence-electron chi connectivity index (χ4n) is 4.72. The van der Waals surface area contributed by atoms with Crippen molar-refractivity contribution in [3.8, 4) is 0 Å². The van der Waals surface area contributed by atoms with Crippen molar-refractivity contribution >= 4 is 5.91 Å². The molecule has 3 fully saturated rings. The van der Waals surface area contributed by atoms with Crippen LogP contribution < -0.4 is 0 Å². The zero-order valence-electron chi connectivity index (χ0n) is 16.9. The monoisotopic (exact) mass is 374 g/mol. The second kappa shape index (κ2) is 8.29. The van der Waals surface area contributed by atoms with Gasteiger partial charge in [0.05, 0.1) is 6.54 Å². The maximum absolute atomic E-state index is 12.8. The summed E-state index contributed by atoms with van der Waals surface area (Å²) in [5.74, 6) is 3.29. The summed E-state index contributed by atoms with van der Waals surface area (Å²) in [5, 5.41) is 4.07. The van der Waals surface area contributed by atoms with Gasteiger partial charge in [-0.1, -0.05) is 31.8 Å². The number of amides is 1. The molecule has 4 rings (SSSR count). The molecule has 6 nitrogen and oxygen atoms in total. The third-order valence-electron chi connectivity index (χ3n) is 6.54. The molecule has 1 saturated carbocycles. The van der Waals surface area contributed by atoms with Crippen molar-refractivity contribution in [2.45, 2.75) is 83.7 Å². The first kappa shape index (κ1) is 18.9. The number of hydrogen-bond acceptors (Lipinski definition) is 5. The molecule has 1 atom stereocenters. The molecule has 0 radical (unpaired) electrons. The van der Waals surface area contributed by atoms with Crippen LogP contribution >= 0.6 is 0 Å². The van der Waals surface area contributed by atoms with E-state index in [1.54, 1.807) is 0 Å². The summed E-state index contributed by atoms with van der Waals surface area (Å²) < 4.78 is 5.41. The van der Waals surface area contributed by atoms with E-state index in [1.165, 1.54) is 38.5 Å². The Balaban J connectivity index is 1.33. The molecule has 0 aromatic carbocycles. The second-order valence-corrected chi connectivity index (χ2v) is 9.04. The minimum Gasteiger partial charge on any atom is -0.339 e. The minimum atomic E-state index is 0.304. The lowest BCUT2D eigenvalue weighted by atomic mass is 9.86. The number of likely N-dealkylation sites (tertiary alicyclic amines) is 2. The zero-order chi connectivity index (χ0) is 18.8. The van der Waals surface area contributed by atoms with Crippen LogP contribution in [0, 0.1) is 11.8 Å². The number of hydrogen-bond donors (Lipinski definition) is 0. The maximum Gasteiger partial charge on any atom is 0.240 e. The second-order valence-electron chi connectivity index (χ2n) is 9.04. The Morgan fingerprint density at radius 3 is 2.52 bits per heavy atom. The van der Waals surface area contributed by atoms with Crippen LogP contribution in [0.4, 0.5) is 0 Å². The first-order valence-corrected chi connectivity index (χ1v) is 11.0. The van der Waals surface area contributed by atoms with Crippen LogP contribution in [-0.2, 0) is 11.3 Å².